The number of nitrogens with zero attached hydrogens (tertiary/aromatic N) is 3. The Bertz CT molecular complexity index is 1350. The molecule has 0 saturated carbocycles. The van der Waals surface area contributed by atoms with Crippen LogP contribution in [0, 0.1) is 6.92 Å². The van der Waals surface area contributed by atoms with Gasteiger partial charge in [-0.2, -0.15) is 4.98 Å². The van der Waals surface area contributed by atoms with Crippen LogP contribution in [-0.2, 0) is 4.79 Å². The molecule has 1 aliphatic rings. The van der Waals surface area contributed by atoms with Crippen molar-refractivity contribution in [1.82, 2.24) is 14.8 Å². The van der Waals surface area contributed by atoms with Crippen LogP contribution in [0.3, 0.4) is 0 Å². The van der Waals surface area contributed by atoms with Crippen LogP contribution in [-0.4, -0.2) is 39.6 Å². The van der Waals surface area contributed by atoms with Gasteiger partial charge in [-0.3, -0.25) is 4.79 Å². The molecular formula is C32H43N5O3S. The highest BCUT2D eigenvalue weighted by molar-refractivity contribution is 7.99. The summed E-state index contributed by atoms with van der Waals surface area (Å²) >= 11 is 1.63. The minimum Gasteiger partial charge on any atom is -0.490 e. The van der Waals surface area contributed by atoms with Crippen LogP contribution in [0.25, 0.3) is 0 Å². The van der Waals surface area contributed by atoms with Gasteiger partial charge in [0.25, 0.3) is 5.91 Å². The molecule has 4 rings (SSSR count). The molecule has 1 unspecified atom stereocenters. The Balaban J connectivity index is 1.70. The number of ether oxygens (including phenoxy) is 2. The van der Waals surface area contributed by atoms with Gasteiger partial charge in [-0.15, -0.1) is 5.10 Å². The number of anilines is 2. The molecule has 0 radical (unpaired) electrons. The van der Waals surface area contributed by atoms with Crippen molar-refractivity contribution in [1.29, 1.82) is 0 Å². The van der Waals surface area contributed by atoms with Crippen LogP contribution in [0.2, 0.25) is 0 Å². The summed E-state index contributed by atoms with van der Waals surface area (Å²) in [7, 11) is 0. The van der Waals surface area contributed by atoms with E-state index in [1.165, 1.54) is 12.8 Å². The van der Waals surface area contributed by atoms with Crippen LogP contribution in [0.4, 0.5) is 11.6 Å². The van der Waals surface area contributed by atoms with Crippen LogP contribution < -0.4 is 20.1 Å². The quantitative estimate of drug-likeness (QED) is 0.141. The van der Waals surface area contributed by atoms with Gasteiger partial charge in [-0.05, 0) is 69.0 Å². The molecular weight excluding hydrogens is 534 g/mol. The Hall–Kier alpha value is -3.46. The Morgan fingerprint density at radius 3 is 2.59 bits per heavy atom. The zero-order valence-electron chi connectivity index (χ0n) is 25.0. The van der Waals surface area contributed by atoms with Gasteiger partial charge >= 0.3 is 0 Å². The number of rotatable bonds is 15. The van der Waals surface area contributed by atoms with Gasteiger partial charge in [0.2, 0.25) is 11.1 Å². The molecule has 1 amide bonds. The maximum atomic E-state index is 13.9. The fourth-order valence-corrected chi connectivity index (χ4v) is 5.73. The predicted octanol–water partition coefficient (Wildman–Crippen LogP) is 7.76. The number of amides is 1. The first-order valence-electron chi connectivity index (χ1n) is 14.8. The van der Waals surface area contributed by atoms with Crippen molar-refractivity contribution in [2.75, 3.05) is 29.6 Å². The molecule has 0 spiro atoms. The summed E-state index contributed by atoms with van der Waals surface area (Å²) in [5, 5.41) is 12.0. The second-order valence-corrected chi connectivity index (χ2v) is 11.4. The van der Waals surface area contributed by atoms with Crippen molar-refractivity contribution < 1.29 is 14.3 Å². The lowest BCUT2D eigenvalue weighted by molar-refractivity contribution is -0.113. The van der Waals surface area contributed by atoms with Crippen molar-refractivity contribution in [2.45, 2.75) is 84.3 Å². The Labute approximate surface area is 248 Å². The first kappa shape index (κ1) is 30.5. The van der Waals surface area contributed by atoms with E-state index in [0.29, 0.717) is 41.4 Å². The number of hydrogen-bond acceptors (Lipinski definition) is 7. The minimum absolute atomic E-state index is 0.193. The lowest BCUT2D eigenvalue weighted by atomic mass is 9.94. The van der Waals surface area contributed by atoms with E-state index in [2.05, 4.69) is 24.5 Å². The average Bonchev–Trinajstić information content (AvgIpc) is 3.35. The summed E-state index contributed by atoms with van der Waals surface area (Å²) in [6.45, 7) is 11.4. The number of carbonyl (C=O) groups excluding carboxylic acids is 1. The first-order valence-corrected chi connectivity index (χ1v) is 15.8. The maximum absolute atomic E-state index is 13.9. The number of thioether (sulfide) groups is 1. The van der Waals surface area contributed by atoms with Crippen molar-refractivity contribution in [3.05, 3.63) is 64.9 Å². The first-order chi connectivity index (χ1) is 19.9. The third-order valence-corrected chi connectivity index (χ3v) is 7.85. The van der Waals surface area contributed by atoms with Gasteiger partial charge in [-0.25, -0.2) is 4.68 Å². The van der Waals surface area contributed by atoms with E-state index in [1.807, 2.05) is 67.9 Å². The Morgan fingerprint density at radius 1 is 1.00 bits per heavy atom. The van der Waals surface area contributed by atoms with Gasteiger partial charge in [0.1, 0.15) is 6.04 Å². The summed E-state index contributed by atoms with van der Waals surface area (Å²) < 4.78 is 14.0. The van der Waals surface area contributed by atoms with E-state index in [1.54, 1.807) is 11.8 Å². The smallest absolute Gasteiger partial charge is 0.255 e. The number of nitrogens with one attached hydrogen (secondary N) is 2. The second-order valence-electron chi connectivity index (χ2n) is 10.3. The molecule has 0 aliphatic carbocycles. The van der Waals surface area contributed by atoms with Crippen molar-refractivity contribution in [3.63, 3.8) is 0 Å². The van der Waals surface area contributed by atoms with Crippen molar-refractivity contribution in [3.8, 4) is 11.5 Å². The number of aryl methyl sites for hydroxylation is 1. The highest BCUT2D eigenvalue weighted by atomic mass is 32.2. The molecule has 1 aliphatic heterocycles. The summed E-state index contributed by atoms with van der Waals surface area (Å²) in [6.07, 6.45) is 6.73. The largest absolute Gasteiger partial charge is 0.490 e. The molecule has 2 aromatic carbocycles. The highest BCUT2D eigenvalue weighted by Crippen LogP contribution is 2.40. The number of aromatic nitrogens is 3. The van der Waals surface area contributed by atoms with Gasteiger partial charge in [0.15, 0.2) is 11.5 Å². The van der Waals surface area contributed by atoms with E-state index in [-0.39, 0.29) is 5.91 Å². The number of carbonyl (C=O) groups is 1. The summed E-state index contributed by atoms with van der Waals surface area (Å²) in [5.41, 5.74) is 4.00. The molecule has 220 valence electrons. The molecule has 2 N–H and O–H groups in total. The third kappa shape index (κ3) is 7.85. The average molecular weight is 578 g/mol. The molecule has 3 aromatic rings. The molecule has 41 heavy (non-hydrogen) atoms. The van der Waals surface area contributed by atoms with E-state index in [4.69, 9.17) is 19.6 Å². The number of fused-ring (bicyclic) bond motifs is 1. The van der Waals surface area contributed by atoms with Crippen molar-refractivity contribution in [2.24, 2.45) is 0 Å². The Morgan fingerprint density at radius 2 is 1.83 bits per heavy atom. The van der Waals surface area contributed by atoms with E-state index in [9.17, 15) is 4.79 Å². The monoisotopic (exact) mass is 577 g/mol. The minimum atomic E-state index is -0.498. The maximum Gasteiger partial charge on any atom is 0.255 e. The molecule has 0 bridgehead atoms. The lowest BCUT2D eigenvalue weighted by Gasteiger charge is -2.29. The van der Waals surface area contributed by atoms with Crippen LogP contribution in [0.1, 0.15) is 83.4 Å². The van der Waals surface area contributed by atoms with Gasteiger partial charge < -0.3 is 20.1 Å². The molecule has 1 aromatic heterocycles. The van der Waals surface area contributed by atoms with Gasteiger partial charge in [0.05, 0.1) is 18.8 Å². The molecule has 0 fully saturated rings. The SMILES string of the molecule is CCCCCCOc1ccc(C2C(C(=O)Nc3cccc(C)c3)=C(C)Nc3nc(SCCCC)nn32)cc1OCC. The van der Waals surface area contributed by atoms with Crippen LogP contribution >= 0.6 is 11.8 Å². The normalized spacial score (nSPS) is 14.4. The molecule has 8 nitrogen and oxygen atoms in total. The topological polar surface area (TPSA) is 90.3 Å². The fraction of sp³-hybridized carbons (Fsp3) is 0.469. The summed E-state index contributed by atoms with van der Waals surface area (Å²) in [5.74, 6) is 2.74. The van der Waals surface area contributed by atoms with E-state index >= 15 is 0 Å². The summed E-state index contributed by atoms with van der Waals surface area (Å²) in [6, 6.07) is 13.2. The van der Waals surface area contributed by atoms with Crippen LogP contribution in [0.5, 0.6) is 11.5 Å². The molecule has 1 atom stereocenters. The Kier molecular flexibility index (Phi) is 11.1. The van der Waals surface area contributed by atoms with Crippen LogP contribution in [0.15, 0.2) is 58.9 Å². The van der Waals surface area contributed by atoms with Gasteiger partial charge in [0, 0.05) is 17.1 Å². The number of benzene rings is 2. The molecule has 2 heterocycles. The third-order valence-electron chi connectivity index (χ3n) is 6.92. The highest BCUT2D eigenvalue weighted by Gasteiger charge is 2.35. The summed E-state index contributed by atoms with van der Waals surface area (Å²) in [4.78, 5) is 18.6. The molecule has 9 heteroatoms. The number of unbranched alkanes of at least 4 members (excludes halogenated alkanes) is 4. The number of hydrogen-bond donors (Lipinski definition) is 2. The van der Waals surface area contributed by atoms with E-state index < -0.39 is 6.04 Å². The second kappa shape index (κ2) is 15.0. The van der Waals surface area contributed by atoms with Crippen molar-refractivity contribution >= 4 is 29.3 Å². The number of allylic oxidation sites excluding steroid dienone is 1. The van der Waals surface area contributed by atoms with Gasteiger partial charge in [-0.1, -0.05) is 69.5 Å². The standard InChI is InChI=1S/C32H43N5O3S/c1-6-9-11-12-18-40-26-17-16-24(21-27(26)39-8-3)29-28(30(38)34-25-15-13-14-22(4)20-25)23(5)33-31-35-32(36-37(29)31)41-19-10-7-2/h13-17,20-21,29H,6-12,18-19H2,1-5H3,(H,34,38)(H,33,35,36). The zero-order chi connectivity index (χ0) is 29.2. The zero-order valence-corrected chi connectivity index (χ0v) is 25.8. The fourth-order valence-electron chi connectivity index (χ4n) is 4.82. The lowest BCUT2D eigenvalue weighted by Crippen LogP contribution is -2.31. The predicted molar refractivity (Wildman–Crippen MR) is 167 cm³/mol. The molecule has 0 saturated heterocycles. The van der Waals surface area contributed by atoms with E-state index in [0.717, 1.165) is 53.9 Å².